The molecule has 0 unspecified atom stereocenters. The maximum absolute atomic E-state index is 10.2. The van der Waals surface area contributed by atoms with E-state index in [1.165, 1.54) is 30.5 Å². The minimum absolute atomic E-state index is 0.441. The Balaban J connectivity index is 2.27. The highest BCUT2D eigenvalue weighted by molar-refractivity contribution is 5.55. The predicted molar refractivity (Wildman–Crippen MR) is 69.1 cm³/mol. The fourth-order valence-electron chi connectivity index (χ4n) is 2.40. The number of rotatable bonds is 3. The van der Waals surface area contributed by atoms with E-state index in [2.05, 4.69) is 35.0 Å². The Bertz CT molecular complexity index is 430. The molecule has 0 amide bonds. The maximum Gasteiger partial charge on any atom is 0.235 e. The van der Waals surface area contributed by atoms with Gasteiger partial charge in [-0.2, -0.15) is 0 Å². The van der Waals surface area contributed by atoms with Gasteiger partial charge in [0.05, 0.1) is 6.54 Å². The van der Waals surface area contributed by atoms with Crippen molar-refractivity contribution in [1.82, 2.24) is 0 Å². The van der Waals surface area contributed by atoms with Crippen LogP contribution < -0.4 is 4.90 Å². The number of anilines is 1. The summed E-state index contributed by atoms with van der Waals surface area (Å²) in [4.78, 5) is 16.4. The highest BCUT2D eigenvalue weighted by Gasteiger charge is 2.14. The minimum atomic E-state index is 0.441. The van der Waals surface area contributed by atoms with Crippen LogP contribution in [0.15, 0.2) is 23.2 Å². The van der Waals surface area contributed by atoms with Crippen LogP contribution in [-0.2, 0) is 11.3 Å². The molecule has 0 atom stereocenters. The molecule has 90 valence electrons. The molecule has 1 fully saturated rings. The van der Waals surface area contributed by atoms with Crippen LogP contribution in [0.2, 0.25) is 0 Å². The van der Waals surface area contributed by atoms with E-state index in [9.17, 15) is 4.79 Å². The molecule has 2 rings (SSSR count). The zero-order valence-electron chi connectivity index (χ0n) is 10.3. The van der Waals surface area contributed by atoms with Gasteiger partial charge in [0.15, 0.2) is 0 Å². The molecular formula is C14H18N2O. The second-order valence-corrected chi connectivity index (χ2v) is 4.59. The monoisotopic (exact) mass is 230 g/mol. The largest absolute Gasteiger partial charge is 0.371 e. The van der Waals surface area contributed by atoms with Gasteiger partial charge in [-0.25, -0.2) is 9.79 Å². The Hall–Kier alpha value is -1.60. The van der Waals surface area contributed by atoms with Crippen molar-refractivity contribution in [3.63, 3.8) is 0 Å². The maximum atomic E-state index is 10.2. The summed E-state index contributed by atoms with van der Waals surface area (Å²) < 4.78 is 0. The van der Waals surface area contributed by atoms with Gasteiger partial charge in [0.2, 0.25) is 6.08 Å². The van der Waals surface area contributed by atoms with E-state index >= 15 is 0 Å². The molecule has 1 heterocycles. The molecule has 0 spiro atoms. The van der Waals surface area contributed by atoms with E-state index < -0.39 is 0 Å². The van der Waals surface area contributed by atoms with E-state index in [0.29, 0.717) is 6.54 Å². The van der Waals surface area contributed by atoms with Crippen molar-refractivity contribution in [2.75, 3.05) is 18.0 Å². The molecule has 1 saturated heterocycles. The molecule has 0 N–H and O–H groups in total. The Kier molecular flexibility index (Phi) is 3.94. The minimum Gasteiger partial charge on any atom is -0.371 e. The smallest absolute Gasteiger partial charge is 0.235 e. The van der Waals surface area contributed by atoms with Crippen LogP contribution in [0.3, 0.4) is 0 Å². The van der Waals surface area contributed by atoms with Crippen molar-refractivity contribution >= 4 is 11.8 Å². The Labute approximate surface area is 102 Å². The highest BCUT2D eigenvalue weighted by atomic mass is 16.1. The van der Waals surface area contributed by atoms with Gasteiger partial charge in [-0.05, 0) is 37.8 Å². The summed E-state index contributed by atoms with van der Waals surface area (Å²) in [6.45, 7) is 4.73. The molecule has 0 bridgehead atoms. The Morgan fingerprint density at radius 2 is 2.06 bits per heavy atom. The van der Waals surface area contributed by atoms with Gasteiger partial charge in [0, 0.05) is 18.8 Å². The normalized spacial score (nSPS) is 15.5. The van der Waals surface area contributed by atoms with Crippen LogP contribution in [-0.4, -0.2) is 19.2 Å². The number of hydrogen-bond donors (Lipinski definition) is 0. The van der Waals surface area contributed by atoms with E-state index in [4.69, 9.17) is 0 Å². The van der Waals surface area contributed by atoms with Crippen LogP contribution in [0, 0.1) is 6.92 Å². The zero-order chi connectivity index (χ0) is 12.1. The Morgan fingerprint density at radius 3 is 2.76 bits per heavy atom. The lowest BCUT2D eigenvalue weighted by molar-refractivity contribution is 0.562. The molecule has 0 aromatic heterocycles. The van der Waals surface area contributed by atoms with E-state index in [-0.39, 0.29) is 0 Å². The zero-order valence-corrected chi connectivity index (χ0v) is 10.3. The van der Waals surface area contributed by atoms with E-state index in [0.717, 1.165) is 18.7 Å². The van der Waals surface area contributed by atoms with Crippen LogP contribution >= 0.6 is 0 Å². The van der Waals surface area contributed by atoms with Crippen molar-refractivity contribution in [3.8, 4) is 0 Å². The van der Waals surface area contributed by atoms with Gasteiger partial charge in [-0.1, -0.05) is 17.7 Å². The lowest BCUT2D eigenvalue weighted by Gasteiger charge is -2.30. The first-order chi connectivity index (χ1) is 8.31. The first-order valence-electron chi connectivity index (χ1n) is 6.19. The molecule has 17 heavy (non-hydrogen) atoms. The van der Waals surface area contributed by atoms with Gasteiger partial charge in [-0.3, -0.25) is 0 Å². The lowest BCUT2D eigenvalue weighted by atomic mass is 10.1. The number of hydrogen-bond acceptors (Lipinski definition) is 3. The van der Waals surface area contributed by atoms with Crippen molar-refractivity contribution in [2.45, 2.75) is 32.7 Å². The molecule has 1 aromatic carbocycles. The van der Waals surface area contributed by atoms with Crippen molar-refractivity contribution < 1.29 is 4.79 Å². The van der Waals surface area contributed by atoms with Crippen LogP contribution in [0.25, 0.3) is 0 Å². The van der Waals surface area contributed by atoms with Gasteiger partial charge < -0.3 is 4.90 Å². The number of aryl methyl sites for hydroxylation is 1. The number of carbonyl (C=O) groups excluding carboxylic acids is 1. The third kappa shape index (κ3) is 2.95. The average Bonchev–Trinajstić information content (AvgIpc) is 2.37. The van der Waals surface area contributed by atoms with Crippen LogP contribution in [0.5, 0.6) is 0 Å². The Morgan fingerprint density at radius 1 is 1.29 bits per heavy atom. The molecular weight excluding hydrogens is 212 g/mol. The highest BCUT2D eigenvalue weighted by Crippen LogP contribution is 2.25. The van der Waals surface area contributed by atoms with Crippen molar-refractivity contribution in [1.29, 1.82) is 0 Å². The number of piperidine rings is 1. The van der Waals surface area contributed by atoms with Gasteiger partial charge >= 0.3 is 0 Å². The second-order valence-electron chi connectivity index (χ2n) is 4.59. The summed E-state index contributed by atoms with van der Waals surface area (Å²) in [5.41, 5.74) is 3.58. The quantitative estimate of drug-likeness (QED) is 0.591. The predicted octanol–water partition coefficient (Wildman–Crippen LogP) is 2.82. The summed E-state index contributed by atoms with van der Waals surface area (Å²) >= 11 is 0. The van der Waals surface area contributed by atoms with Crippen LogP contribution in [0.4, 0.5) is 5.69 Å². The summed E-state index contributed by atoms with van der Waals surface area (Å²) in [6.07, 6.45) is 5.45. The first-order valence-corrected chi connectivity index (χ1v) is 6.19. The summed E-state index contributed by atoms with van der Waals surface area (Å²) in [6, 6.07) is 6.39. The standard InChI is InChI=1S/C14H18N2O/c1-12-5-6-14(13(9-12)10-15-11-17)16-7-3-2-4-8-16/h5-6,9H,2-4,7-8,10H2,1H3. The fraction of sp³-hybridized carbons (Fsp3) is 0.500. The third-order valence-electron chi connectivity index (χ3n) is 3.25. The van der Waals surface area contributed by atoms with Crippen molar-refractivity contribution in [3.05, 3.63) is 29.3 Å². The topological polar surface area (TPSA) is 32.7 Å². The van der Waals surface area contributed by atoms with E-state index in [1.54, 1.807) is 6.08 Å². The number of benzene rings is 1. The molecule has 1 aromatic rings. The number of isocyanates is 1. The summed E-state index contributed by atoms with van der Waals surface area (Å²) in [7, 11) is 0. The second kappa shape index (κ2) is 5.65. The molecule has 3 heteroatoms. The molecule has 1 aliphatic heterocycles. The van der Waals surface area contributed by atoms with Gasteiger partial charge in [0.1, 0.15) is 0 Å². The molecule has 0 aliphatic carbocycles. The molecule has 0 radical (unpaired) electrons. The first kappa shape index (κ1) is 11.9. The fourth-order valence-corrected chi connectivity index (χ4v) is 2.40. The molecule has 3 nitrogen and oxygen atoms in total. The SMILES string of the molecule is Cc1ccc(N2CCCCC2)c(CN=C=O)c1. The molecule has 0 saturated carbocycles. The van der Waals surface area contributed by atoms with Crippen LogP contribution in [0.1, 0.15) is 30.4 Å². The average molecular weight is 230 g/mol. The lowest BCUT2D eigenvalue weighted by Crippen LogP contribution is -2.30. The summed E-state index contributed by atoms with van der Waals surface area (Å²) in [5, 5.41) is 0. The molecule has 1 aliphatic rings. The van der Waals surface area contributed by atoms with E-state index in [1.807, 2.05) is 0 Å². The van der Waals surface area contributed by atoms with Crippen molar-refractivity contribution in [2.24, 2.45) is 4.99 Å². The van der Waals surface area contributed by atoms with Gasteiger partial charge in [0.25, 0.3) is 0 Å². The summed E-state index contributed by atoms with van der Waals surface area (Å²) in [5.74, 6) is 0. The third-order valence-corrected chi connectivity index (χ3v) is 3.25. The number of aliphatic imine (C=N–C) groups is 1. The van der Waals surface area contributed by atoms with Gasteiger partial charge in [-0.15, -0.1) is 0 Å². The number of nitrogens with zero attached hydrogens (tertiary/aromatic N) is 2.